The quantitative estimate of drug-likeness (QED) is 0.861. The highest BCUT2D eigenvalue weighted by Gasteiger charge is 2.33. The zero-order valence-corrected chi connectivity index (χ0v) is 12.6. The highest BCUT2D eigenvalue weighted by molar-refractivity contribution is 6.18. The molecule has 4 nitrogen and oxygen atoms in total. The Morgan fingerprint density at radius 2 is 2.11 bits per heavy atom. The number of hydrogen-bond donors (Lipinski definition) is 1. The Bertz CT molecular complexity index is 431. The number of ether oxygens (including phenoxy) is 1. The van der Waals surface area contributed by atoms with Crippen molar-refractivity contribution in [3.05, 3.63) is 11.9 Å². The first-order valence-corrected chi connectivity index (χ1v) is 7.34. The lowest BCUT2D eigenvalue weighted by molar-refractivity contribution is 0.286. The minimum Gasteiger partial charge on any atom is -0.481 e. The van der Waals surface area contributed by atoms with Crippen molar-refractivity contribution in [1.29, 1.82) is 0 Å². The van der Waals surface area contributed by atoms with Crippen LogP contribution in [0, 0.1) is 12.8 Å². The van der Waals surface area contributed by atoms with E-state index in [-0.39, 0.29) is 5.54 Å². The van der Waals surface area contributed by atoms with Gasteiger partial charge in [0.2, 0.25) is 5.88 Å². The smallest absolute Gasteiger partial charge is 0.218 e. The van der Waals surface area contributed by atoms with Gasteiger partial charge in [0.05, 0.1) is 12.6 Å². The fourth-order valence-corrected chi connectivity index (χ4v) is 2.92. The van der Waals surface area contributed by atoms with Crippen molar-refractivity contribution in [2.24, 2.45) is 5.92 Å². The predicted octanol–water partition coefficient (Wildman–Crippen LogP) is 3.39. The number of aromatic nitrogens is 2. The van der Waals surface area contributed by atoms with E-state index in [9.17, 15) is 0 Å². The van der Waals surface area contributed by atoms with Crippen molar-refractivity contribution < 1.29 is 4.74 Å². The summed E-state index contributed by atoms with van der Waals surface area (Å²) in [6.07, 6.45) is 4.59. The summed E-state index contributed by atoms with van der Waals surface area (Å²) < 4.78 is 5.18. The Balaban J connectivity index is 2.16. The zero-order chi connectivity index (χ0) is 13.9. The van der Waals surface area contributed by atoms with E-state index in [2.05, 4.69) is 22.2 Å². The molecule has 1 heterocycles. The normalized spacial score (nSPS) is 27.1. The summed E-state index contributed by atoms with van der Waals surface area (Å²) in [6.45, 7) is 4.17. The van der Waals surface area contributed by atoms with E-state index in [4.69, 9.17) is 16.3 Å². The Morgan fingerprint density at radius 3 is 2.68 bits per heavy atom. The maximum absolute atomic E-state index is 6.21. The van der Waals surface area contributed by atoms with Crippen LogP contribution >= 0.6 is 11.6 Å². The molecule has 0 spiro atoms. The van der Waals surface area contributed by atoms with Gasteiger partial charge < -0.3 is 10.1 Å². The number of rotatable bonds is 4. The van der Waals surface area contributed by atoms with Gasteiger partial charge in [-0.05, 0) is 38.5 Å². The molecule has 5 heteroatoms. The number of alkyl halides is 1. The lowest BCUT2D eigenvalue weighted by Crippen LogP contribution is -2.43. The molecule has 0 bridgehead atoms. The topological polar surface area (TPSA) is 47.0 Å². The summed E-state index contributed by atoms with van der Waals surface area (Å²) in [5.74, 6) is 3.49. The third-order valence-electron chi connectivity index (χ3n) is 3.90. The average Bonchev–Trinajstić information content (AvgIpc) is 2.41. The standard InChI is InChI=1S/C14H22ClN3O/c1-10-4-6-14(9-15,7-5-10)18-12-8-13(19-3)17-11(2)16-12/h8,10H,4-7,9H2,1-3H3,(H,16,17,18). The second-order valence-electron chi connectivity index (χ2n) is 5.56. The molecule has 19 heavy (non-hydrogen) atoms. The summed E-state index contributed by atoms with van der Waals surface area (Å²) in [7, 11) is 1.62. The van der Waals surface area contributed by atoms with Gasteiger partial charge in [-0.2, -0.15) is 4.98 Å². The van der Waals surface area contributed by atoms with E-state index in [0.717, 1.165) is 24.6 Å². The summed E-state index contributed by atoms with van der Waals surface area (Å²) in [5.41, 5.74) is -0.0418. The molecule has 1 aromatic rings. The van der Waals surface area contributed by atoms with Crippen LogP contribution in [0.1, 0.15) is 38.4 Å². The predicted molar refractivity (Wildman–Crippen MR) is 78.0 cm³/mol. The maximum atomic E-state index is 6.21. The molecular weight excluding hydrogens is 262 g/mol. The molecule has 1 aliphatic carbocycles. The van der Waals surface area contributed by atoms with Crippen molar-refractivity contribution in [1.82, 2.24) is 9.97 Å². The molecule has 0 unspecified atom stereocenters. The van der Waals surface area contributed by atoms with E-state index >= 15 is 0 Å². The molecule has 106 valence electrons. The van der Waals surface area contributed by atoms with Gasteiger partial charge in [-0.15, -0.1) is 11.6 Å². The molecule has 2 rings (SSSR count). The average molecular weight is 284 g/mol. The van der Waals surface area contributed by atoms with Gasteiger partial charge in [0, 0.05) is 11.9 Å². The molecule has 1 fully saturated rings. The number of hydrogen-bond acceptors (Lipinski definition) is 4. The molecule has 0 radical (unpaired) electrons. The molecule has 0 saturated heterocycles. The number of anilines is 1. The van der Waals surface area contributed by atoms with Gasteiger partial charge >= 0.3 is 0 Å². The largest absolute Gasteiger partial charge is 0.481 e. The Labute approximate surface area is 119 Å². The Morgan fingerprint density at radius 1 is 1.42 bits per heavy atom. The van der Waals surface area contributed by atoms with Crippen LogP contribution in [0.3, 0.4) is 0 Å². The molecule has 0 amide bonds. The molecular formula is C14H22ClN3O. The number of methoxy groups -OCH3 is 1. The van der Waals surface area contributed by atoms with Gasteiger partial charge in [0.25, 0.3) is 0 Å². The van der Waals surface area contributed by atoms with Crippen LogP contribution in [0.2, 0.25) is 0 Å². The van der Waals surface area contributed by atoms with Crippen LogP contribution in [0.5, 0.6) is 5.88 Å². The summed E-state index contributed by atoms with van der Waals surface area (Å²) in [6, 6.07) is 1.83. The van der Waals surface area contributed by atoms with Gasteiger partial charge in [-0.3, -0.25) is 0 Å². The van der Waals surface area contributed by atoms with Gasteiger partial charge in [0.15, 0.2) is 0 Å². The fourth-order valence-electron chi connectivity index (χ4n) is 2.59. The minimum absolute atomic E-state index is 0.0418. The SMILES string of the molecule is COc1cc(NC2(CCl)CCC(C)CC2)nc(C)n1. The monoisotopic (exact) mass is 283 g/mol. The van der Waals surface area contributed by atoms with Crippen molar-refractivity contribution in [2.75, 3.05) is 18.3 Å². The zero-order valence-electron chi connectivity index (χ0n) is 11.9. The Kier molecular flexibility index (Phi) is 4.50. The number of aryl methyl sites for hydroxylation is 1. The third kappa shape index (κ3) is 3.50. The molecule has 1 N–H and O–H groups in total. The first-order valence-electron chi connectivity index (χ1n) is 6.81. The van der Waals surface area contributed by atoms with Crippen LogP contribution < -0.4 is 10.1 Å². The third-order valence-corrected chi connectivity index (χ3v) is 4.42. The van der Waals surface area contributed by atoms with Gasteiger partial charge in [-0.1, -0.05) is 6.92 Å². The number of nitrogens with one attached hydrogen (secondary N) is 1. The molecule has 0 aliphatic heterocycles. The van der Waals surface area contributed by atoms with Crippen molar-refractivity contribution in [3.63, 3.8) is 0 Å². The highest BCUT2D eigenvalue weighted by Crippen LogP contribution is 2.35. The van der Waals surface area contributed by atoms with Gasteiger partial charge in [-0.25, -0.2) is 4.98 Å². The summed E-state index contributed by atoms with van der Waals surface area (Å²) in [5, 5.41) is 3.52. The van der Waals surface area contributed by atoms with Gasteiger partial charge in [0.1, 0.15) is 11.6 Å². The maximum Gasteiger partial charge on any atom is 0.218 e. The van der Waals surface area contributed by atoms with E-state index in [1.54, 1.807) is 7.11 Å². The van der Waals surface area contributed by atoms with E-state index in [1.807, 2.05) is 13.0 Å². The van der Waals surface area contributed by atoms with Crippen LogP contribution in [-0.4, -0.2) is 28.5 Å². The van der Waals surface area contributed by atoms with Crippen LogP contribution in [0.4, 0.5) is 5.82 Å². The first-order chi connectivity index (χ1) is 9.07. The lowest BCUT2D eigenvalue weighted by Gasteiger charge is -2.39. The second kappa shape index (κ2) is 5.95. The molecule has 0 atom stereocenters. The first kappa shape index (κ1) is 14.4. The van der Waals surface area contributed by atoms with Crippen LogP contribution in [-0.2, 0) is 0 Å². The van der Waals surface area contributed by atoms with E-state index in [0.29, 0.717) is 17.6 Å². The van der Waals surface area contributed by atoms with Crippen molar-refractivity contribution in [3.8, 4) is 5.88 Å². The van der Waals surface area contributed by atoms with Crippen LogP contribution in [0.15, 0.2) is 6.07 Å². The summed E-state index contributed by atoms with van der Waals surface area (Å²) >= 11 is 6.21. The minimum atomic E-state index is -0.0418. The van der Waals surface area contributed by atoms with Crippen molar-refractivity contribution >= 4 is 17.4 Å². The van der Waals surface area contributed by atoms with Crippen LogP contribution in [0.25, 0.3) is 0 Å². The van der Waals surface area contributed by atoms with Crippen molar-refractivity contribution in [2.45, 2.75) is 45.1 Å². The number of nitrogens with zero attached hydrogens (tertiary/aromatic N) is 2. The Hall–Kier alpha value is -1.03. The summed E-state index contributed by atoms with van der Waals surface area (Å²) in [4.78, 5) is 8.63. The fraction of sp³-hybridized carbons (Fsp3) is 0.714. The molecule has 1 aliphatic rings. The van der Waals surface area contributed by atoms with E-state index < -0.39 is 0 Å². The highest BCUT2D eigenvalue weighted by atomic mass is 35.5. The van der Waals surface area contributed by atoms with E-state index in [1.165, 1.54) is 12.8 Å². The lowest BCUT2D eigenvalue weighted by atomic mass is 9.78. The molecule has 1 aromatic heterocycles. The molecule has 0 aromatic carbocycles. The molecule has 1 saturated carbocycles. The second-order valence-corrected chi connectivity index (χ2v) is 5.83. The number of halogens is 1.